The van der Waals surface area contributed by atoms with E-state index in [1.807, 2.05) is 6.92 Å². The lowest BCUT2D eigenvalue weighted by atomic mass is 10.2. The quantitative estimate of drug-likeness (QED) is 0.661. The molecule has 0 aliphatic carbocycles. The van der Waals surface area contributed by atoms with E-state index in [1.165, 1.54) is 11.8 Å². The third-order valence-corrected chi connectivity index (χ3v) is 3.99. The van der Waals surface area contributed by atoms with E-state index >= 15 is 0 Å². The molecule has 0 saturated carbocycles. The van der Waals surface area contributed by atoms with E-state index in [4.69, 9.17) is 0 Å². The summed E-state index contributed by atoms with van der Waals surface area (Å²) in [6, 6.07) is 0. The lowest BCUT2D eigenvalue weighted by Crippen LogP contribution is -2.12. The zero-order valence-corrected chi connectivity index (χ0v) is 8.45. The fourth-order valence-corrected chi connectivity index (χ4v) is 3.39. The van der Waals surface area contributed by atoms with Crippen molar-refractivity contribution < 1.29 is 17.6 Å². The SMILES string of the molecule is CCSC1CC(C(F)(F)F)=C(F)S1. The molecule has 76 valence electrons. The molecule has 1 rings (SSSR count). The number of alkyl halides is 3. The molecule has 1 atom stereocenters. The van der Waals surface area contributed by atoms with Crippen LogP contribution in [0.25, 0.3) is 0 Å². The molecular formula is C7H8F4S2. The Labute approximate surface area is 82.1 Å². The van der Waals surface area contributed by atoms with Crippen molar-refractivity contribution in [2.75, 3.05) is 5.75 Å². The highest BCUT2D eigenvalue weighted by Gasteiger charge is 2.42. The molecule has 0 aromatic carbocycles. The Morgan fingerprint density at radius 1 is 1.54 bits per heavy atom. The molecule has 0 radical (unpaired) electrons. The Bertz CT molecular complexity index is 221. The third kappa shape index (κ3) is 2.80. The van der Waals surface area contributed by atoms with Gasteiger partial charge in [-0.05, 0) is 5.75 Å². The summed E-state index contributed by atoms with van der Waals surface area (Å²) in [5, 5.41) is -1.06. The van der Waals surface area contributed by atoms with E-state index in [0.29, 0.717) is 17.5 Å². The summed E-state index contributed by atoms with van der Waals surface area (Å²) in [7, 11) is 0. The first kappa shape index (κ1) is 11.2. The zero-order valence-electron chi connectivity index (χ0n) is 6.82. The van der Waals surface area contributed by atoms with E-state index in [2.05, 4.69) is 0 Å². The summed E-state index contributed by atoms with van der Waals surface area (Å²) < 4.78 is 48.8. The third-order valence-electron chi connectivity index (χ3n) is 1.54. The number of hydrogen-bond donors (Lipinski definition) is 0. The van der Waals surface area contributed by atoms with E-state index in [0.717, 1.165) is 0 Å². The van der Waals surface area contributed by atoms with Gasteiger partial charge >= 0.3 is 6.18 Å². The summed E-state index contributed by atoms with van der Waals surface area (Å²) in [5.41, 5.74) is -0.997. The summed E-state index contributed by atoms with van der Waals surface area (Å²) in [6.45, 7) is 1.84. The Morgan fingerprint density at radius 3 is 2.54 bits per heavy atom. The van der Waals surface area contributed by atoms with Gasteiger partial charge in [0.15, 0.2) is 5.16 Å². The van der Waals surface area contributed by atoms with Gasteiger partial charge in [-0.3, -0.25) is 0 Å². The van der Waals surface area contributed by atoms with E-state index < -0.39 is 16.9 Å². The molecule has 1 unspecified atom stereocenters. The number of allylic oxidation sites excluding steroid dienone is 1. The van der Waals surface area contributed by atoms with Crippen LogP contribution in [0.15, 0.2) is 10.7 Å². The van der Waals surface area contributed by atoms with Crippen molar-refractivity contribution in [3.8, 4) is 0 Å². The van der Waals surface area contributed by atoms with Crippen LogP contribution in [0.4, 0.5) is 17.6 Å². The van der Waals surface area contributed by atoms with Gasteiger partial charge in [-0.2, -0.15) is 17.6 Å². The summed E-state index contributed by atoms with van der Waals surface area (Å²) in [4.78, 5) is 0. The van der Waals surface area contributed by atoms with Crippen molar-refractivity contribution in [2.24, 2.45) is 0 Å². The molecule has 1 aliphatic rings. The van der Waals surface area contributed by atoms with Crippen LogP contribution < -0.4 is 0 Å². The van der Waals surface area contributed by atoms with Gasteiger partial charge < -0.3 is 0 Å². The van der Waals surface area contributed by atoms with E-state index in [-0.39, 0.29) is 11.0 Å². The first-order valence-electron chi connectivity index (χ1n) is 3.69. The highest BCUT2D eigenvalue weighted by atomic mass is 32.2. The van der Waals surface area contributed by atoms with Gasteiger partial charge in [0.1, 0.15) is 0 Å². The molecule has 0 aromatic rings. The van der Waals surface area contributed by atoms with E-state index in [9.17, 15) is 17.6 Å². The van der Waals surface area contributed by atoms with Crippen LogP contribution in [0.2, 0.25) is 0 Å². The van der Waals surface area contributed by atoms with Crippen LogP contribution in [-0.4, -0.2) is 16.5 Å². The number of hydrogen-bond acceptors (Lipinski definition) is 2. The average molecular weight is 232 g/mol. The van der Waals surface area contributed by atoms with Crippen LogP contribution in [-0.2, 0) is 0 Å². The molecule has 13 heavy (non-hydrogen) atoms. The normalized spacial score (nSPS) is 24.2. The van der Waals surface area contributed by atoms with Crippen molar-refractivity contribution in [1.82, 2.24) is 0 Å². The summed E-state index contributed by atoms with van der Waals surface area (Å²) in [5.74, 6) is 0.704. The van der Waals surface area contributed by atoms with E-state index in [1.54, 1.807) is 0 Å². The minimum absolute atomic E-state index is 0.210. The van der Waals surface area contributed by atoms with Gasteiger partial charge in [0, 0.05) is 6.42 Å². The molecule has 0 amide bonds. The Morgan fingerprint density at radius 2 is 2.15 bits per heavy atom. The van der Waals surface area contributed by atoms with Crippen LogP contribution in [0, 0.1) is 0 Å². The minimum atomic E-state index is -4.50. The van der Waals surface area contributed by atoms with Crippen LogP contribution in [0.3, 0.4) is 0 Å². The predicted octanol–water partition coefficient (Wildman–Crippen LogP) is 3.95. The van der Waals surface area contributed by atoms with Crippen LogP contribution >= 0.6 is 23.5 Å². The van der Waals surface area contributed by atoms with Gasteiger partial charge in [-0.15, -0.1) is 11.8 Å². The molecule has 6 heteroatoms. The van der Waals surface area contributed by atoms with Crippen molar-refractivity contribution >= 4 is 23.5 Å². The molecule has 0 spiro atoms. The molecule has 1 aliphatic heterocycles. The predicted molar refractivity (Wildman–Crippen MR) is 48.3 cm³/mol. The van der Waals surface area contributed by atoms with Crippen LogP contribution in [0.5, 0.6) is 0 Å². The first-order valence-corrected chi connectivity index (χ1v) is 5.62. The lowest BCUT2D eigenvalue weighted by Gasteiger charge is -2.08. The maximum Gasteiger partial charge on any atom is 0.416 e. The minimum Gasteiger partial charge on any atom is -0.199 e. The molecule has 0 N–H and O–H groups in total. The number of thioether (sulfide) groups is 2. The van der Waals surface area contributed by atoms with Crippen molar-refractivity contribution in [1.29, 1.82) is 0 Å². The number of rotatable bonds is 2. The topological polar surface area (TPSA) is 0 Å². The highest BCUT2D eigenvalue weighted by Crippen LogP contribution is 2.49. The van der Waals surface area contributed by atoms with Crippen LogP contribution in [0.1, 0.15) is 13.3 Å². The van der Waals surface area contributed by atoms with Gasteiger partial charge in [-0.1, -0.05) is 18.7 Å². The molecular weight excluding hydrogens is 224 g/mol. The molecule has 0 fully saturated rings. The van der Waals surface area contributed by atoms with Gasteiger partial charge in [0.25, 0.3) is 0 Å². The molecule has 0 aromatic heterocycles. The molecule has 0 saturated heterocycles. The maximum absolute atomic E-state index is 12.8. The van der Waals surface area contributed by atoms with Gasteiger partial charge in [-0.25, -0.2) is 0 Å². The highest BCUT2D eigenvalue weighted by molar-refractivity contribution is 8.18. The van der Waals surface area contributed by atoms with Gasteiger partial charge in [0.05, 0.1) is 10.2 Å². The fraction of sp³-hybridized carbons (Fsp3) is 0.714. The summed E-state index contributed by atoms with van der Waals surface area (Å²) >= 11 is 2.02. The van der Waals surface area contributed by atoms with Gasteiger partial charge in [0.2, 0.25) is 0 Å². The number of halogens is 4. The van der Waals surface area contributed by atoms with Crippen molar-refractivity contribution in [3.63, 3.8) is 0 Å². The maximum atomic E-state index is 12.8. The fourth-order valence-electron chi connectivity index (χ4n) is 0.981. The summed E-state index contributed by atoms with van der Waals surface area (Å²) in [6.07, 6.45) is -4.71. The molecule has 0 nitrogen and oxygen atoms in total. The Kier molecular flexibility index (Phi) is 3.57. The van der Waals surface area contributed by atoms with Crippen molar-refractivity contribution in [2.45, 2.75) is 24.1 Å². The monoisotopic (exact) mass is 232 g/mol. The Balaban J connectivity index is 2.63. The first-order chi connectivity index (χ1) is 5.95. The van der Waals surface area contributed by atoms with Crippen molar-refractivity contribution in [3.05, 3.63) is 10.7 Å². The lowest BCUT2D eigenvalue weighted by molar-refractivity contribution is -0.0944. The Hall–Kier alpha value is 0.160. The standard InChI is InChI=1S/C7H8F4S2/c1-2-12-5-3-4(6(8)13-5)7(9,10)11/h5H,2-3H2,1H3. The second-order valence-electron chi connectivity index (χ2n) is 2.46. The zero-order chi connectivity index (χ0) is 10.1. The largest absolute Gasteiger partial charge is 0.416 e. The smallest absolute Gasteiger partial charge is 0.199 e. The second kappa shape index (κ2) is 4.13. The molecule has 1 heterocycles. The molecule has 0 bridgehead atoms. The second-order valence-corrected chi connectivity index (χ2v) is 5.40. The average Bonchev–Trinajstić information content (AvgIpc) is 2.30.